The Labute approximate surface area is 232 Å². The van der Waals surface area contributed by atoms with Crippen LogP contribution in [-0.4, -0.2) is 37.1 Å². The number of benzene rings is 3. The van der Waals surface area contributed by atoms with Crippen LogP contribution in [0.4, 0.5) is 0 Å². The molecule has 204 valence electrons. The second-order valence-electron chi connectivity index (χ2n) is 9.95. The van der Waals surface area contributed by atoms with Crippen molar-refractivity contribution in [3.05, 3.63) is 91.0 Å². The summed E-state index contributed by atoms with van der Waals surface area (Å²) in [6.07, 6.45) is 3.33. The van der Waals surface area contributed by atoms with Crippen molar-refractivity contribution in [1.82, 2.24) is 0 Å². The largest absolute Gasteiger partial charge is 0.465 e. The van der Waals surface area contributed by atoms with Crippen LogP contribution in [0.25, 0.3) is 0 Å². The lowest BCUT2D eigenvalue weighted by Crippen LogP contribution is -2.58. The van der Waals surface area contributed by atoms with E-state index in [9.17, 15) is 14.4 Å². The average molecular weight is 546 g/mol. The number of hydrogen-bond acceptors (Lipinski definition) is 5. The first-order chi connectivity index (χ1) is 19.1. The van der Waals surface area contributed by atoms with Gasteiger partial charge in [0.15, 0.2) is 5.41 Å². The van der Waals surface area contributed by atoms with E-state index in [1.165, 1.54) is 15.9 Å². The molecule has 2 unspecified atom stereocenters. The van der Waals surface area contributed by atoms with Crippen molar-refractivity contribution >= 4 is 41.4 Å². The summed E-state index contributed by atoms with van der Waals surface area (Å²) in [6, 6.07) is 31.6. The lowest BCUT2D eigenvalue weighted by molar-refractivity contribution is -0.180. The van der Waals surface area contributed by atoms with E-state index in [1.807, 2.05) is 18.2 Å². The number of carbonyl (C=O) groups excluding carboxylic acids is 3. The van der Waals surface area contributed by atoms with E-state index < -0.39 is 24.6 Å². The minimum Gasteiger partial charge on any atom is -0.465 e. The standard InChI is InChI=1S/C33H38O5P/c1-3-37-31(35)33(24-14-15-25-34,32(36)38-4-2)29-22-23-30(29)39(26-16-8-5-9-17-26,27-18-10-6-11-19-27)28-20-12-7-13-21-28/h5-13,16-21,25,29-30H,3-4,14-15,22-24H2,1-2H3/q+1. The van der Waals surface area contributed by atoms with Crippen LogP contribution in [0.2, 0.25) is 0 Å². The molecule has 4 rings (SSSR count). The molecule has 0 N–H and O–H groups in total. The van der Waals surface area contributed by atoms with Gasteiger partial charge in [-0.15, -0.1) is 0 Å². The van der Waals surface area contributed by atoms with Crippen molar-refractivity contribution in [2.75, 3.05) is 13.2 Å². The molecular weight excluding hydrogens is 507 g/mol. The molecule has 6 heteroatoms. The van der Waals surface area contributed by atoms with Gasteiger partial charge >= 0.3 is 11.9 Å². The van der Waals surface area contributed by atoms with Crippen molar-refractivity contribution < 1.29 is 23.9 Å². The quantitative estimate of drug-likeness (QED) is 0.0966. The fourth-order valence-corrected chi connectivity index (χ4v) is 11.7. The molecule has 1 aliphatic rings. The molecule has 0 aromatic heterocycles. The van der Waals surface area contributed by atoms with E-state index in [0.29, 0.717) is 12.8 Å². The van der Waals surface area contributed by atoms with Crippen molar-refractivity contribution in [3.8, 4) is 0 Å². The first-order valence-electron chi connectivity index (χ1n) is 13.9. The normalized spacial score (nSPS) is 17.1. The van der Waals surface area contributed by atoms with Gasteiger partial charge in [-0.3, -0.25) is 9.59 Å². The number of unbranched alkanes of at least 4 members (excludes halogenated alkanes) is 1. The molecule has 1 aliphatic carbocycles. The van der Waals surface area contributed by atoms with Gasteiger partial charge in [0.1, 0.15) is 29.5 Å². The van der Waals surface area contributed by atoms with Gasteiger partial charge in [-0.1, -0.05) is 54.6 Å². The lowest BCUT2D eigenvalue weighted by Gasteiger charge is -2.50. The van der Waals surface area contributed by atoms with Gasteiger partial charge in [-0.2, -0.15) is 0 Å². The average Bonchev–Trinajstić information content (AvgIpc) is 2.96. The lowest BCUT2D eigenvalue weighted by atomic mass is 9.62. The summed E-state index contributed by atoms with van der Waals surface area (Å²) in [5.74, 6) is -1.36. The maximum atomic E-state index is 13.9. The summed E-state index contributed by atoms with van der Waals surface area (Å²) in [7, 11) is -2.35. The second kappa shape index (κ2) is 13.2. The number of rotatable bonds is 13. The van der Waals surface area contributed by atoms with E-state index in [1.54, 1.807) is 13.8 Å². The molecule has 0 aliphatic heterocycles. The predicted molar refractivity (Wildman–Crippen MR) is 157 cm³/mol. The third-order valence-electron chi connectivity index (χ3n) is 8.03. The highest BCUT2D eigenvalue weighted by Crippen LogP contribution is 2.70. The van der Waals surface area contributed by atoms with E-state index >= 15 is 0 Å². The van der Waals surface area contributed by atoms with Crippen LogP contribution in [0, 0.1) is 11.3 Å². The molecule has 0 spiro atoms. The maximum absolute atomic E-state index is 13.9. The van der Waals surface area contributed by atoms with Crippen molar-refractivity contribution in [1.29, 1.82) is 0 Å². The van der Waals surface area contributed by atoms with Crippen molar-refractivity contribution in [2.45, 2.75) is 51.6 Å². The van der Waals surface area contributed by atoms with E-state index in [2.05, 4.69) is 72.8 Å². The molecule has 0 bridgehead atoms. The highest BCUT2D eigenvalue weighted by Gasteiger charge is 2.68. The van der Waals surface area contributed by atoms with E-state index in [4.69, 9.17) is 9.47 Å². The Morgan fingerprint density at radius 2 is 1.21 bits per heavy atom. The first-order valence-corrected chi connectivity index (χ1v) is 15.8. The number of hydrogen-bond donors (Lipinski definition) is 0. The minimum absolute atomic E-state index is 0.00902. The van der Waals surface area contributed by atoms with E-state index in [-0.39, 0.29) is 37.6 Å². The number of carbonyl (C=O) groups is 3. The third-order valence-corrected chi connectivity index (χ3v) is 13.0. The summed E-state index contributed by atoms with van der Waals surface area (Å²) in [6.45, 7) is 3.85. The van der Waals surface area contributed by atoms with Crippen LogP contribution < -0.4 is 15.9 Å². The Morgan fingerprint density at radius 3 is 1.54 bits per heavy atom. The van der Waals surface area contributed by atoms with Gasteiger partial charge in [0, 0.05) is 12.3 Å². The molecule has 0 radical (unpaired) electrons. The molecule has 3 aromatic carbocycles. The summed E-state index contributed by atoms with van der Waals surface area (Å²) in [5, 5.41) is 3.64. The van der Waals surface area contributed by atoms with Crippen molar-refractivity contribution in [2.24, 2.45) is 11.3 Å². The summed E-state index contributed by atoms with van der Waals surface area (Å²) >= 11 is 0. The predicted octanol–water partition coefficient (Wildman–Crippen LogP) is 5.24. The Morgan fingerprint density at radius 1 is 0.769 bits per heavy atom. The fraction of sp³-hybridized carbons (Fsp3) is 0.364. The summed E-state index contributed by atoms with van der Waals surface area (Å²) < 4.78 is 11.2. The molecular formula is C33H38O5P+. The fourth-order valence-electron chi connectivity index (χ4n) is 6.29. The molecule has 5 nitrogen and oxygen atoms in total. The Kier molecular flexibility index (Phi) is 9.69. The Bertz CT molecular complexity index is 1110. The maximum Gasteiger partial charge on any atom is 0.323 e. The molecule has 2 atom stereocenters. The smallest absolute Gasteiger partial charge is 0.323 e. The van der Waals surface area contributed by atoms with Gasteiger partial charge < -0.3 is 14.3 Å². The number of esters is 2. The molecule has 3 aromatic rings. The highest BCUT2D eigenvalue weighted by atomic mass is 31.2. The van der Waals surface area contributed by atoms with Crippen LogP contribution in [0.15, 0.2) is 91.0 Å². The van der Waals surface area contributed by atoms with Crippen molar-refractivity contribution in [3.63, 3.8) is 0 Å². The molecule has 1 saturated carbocycles. The Hall–Kier alpha value is -3.30. The van der Waals surface area contributed by atoms with Crippen LogP contribution in [0.1, 0.15) is 46.0 Å². The van der Waals surface area contributed by atoms with Crippen LogP contribution in [-0.2, 0) is 23.9 Å². The molecule has 39 heavy (non-hydrogen) atoms. The highest BCUT2D eigenvalue weighted by molar-refractivity contribution is 7.96. The van der Waals surface area contributed by atoms with Crippen LogP contribution in [0.5, 0.6) is 0 Å². The zero-order valence-electron chi connectivity index (χ0n) is 22.8. The third kappa shape index (κ3) is 5.30. The van der Waals surface area contributed by atoms with E-state index in [0.717, 1.165) is 12.7 Å². The zero-order chi connectivity index (χ0) is 27.7. The monoisotopic (exact) mass is 545 g/mol. The molecule has 0 heterocycles. The van der Waals surface area contributed by atoms with Crippen LogP contribution in [0.3, 0.4) is 0 Å². The molecule has 1 fully saturated rings. The van der Waals surface area contributed by atoms with Crippen LogP contribution >= 0.6 is 7.26 Å². The second-order valence-corrected chi connectivity index (χ2v) is 13.6. The topological polar surface area (TPSA) is 69.7 Å². The van der Waals surface area contributed by atoms with Gasteiger partial charge in [0.2, 0.25) is 0 Å². The minimum atomic E-state index is -2.35. The molecule has 0 saturated heterocycles. The summed E-state index contributed by atoms with van der Waals surface area (Å²) in [5.41, 5.74) is -1.46. The zero-order valence-corrected chi connectivity index (χ0v) is 23.7. The van der Waals surface area contributed by atoms with Gasteiger partial charge in [-0.25, -0.2) is 0 Å². The number of ether oxygens (including phenoxy) is 2. The van der Waals surface area contributed by atoms with Gasteiger partial charge in [0.25, 0.3) is 0 Å². The van der Waals surface area contributed by atoms with Gasteiger partial charge in [-0.05, 0) is 75.9 Å². The Balaban J connectivity index is 1.99. The number of aldehydes is 1. The van der Waals surface area contributed by atoms with Gasteiger partial charge in [0.05, 0.1) is 18.9 Å². The molecule has 0 amide bonds. The SMILES string of the molecule is CCOC(=O)C(CCCC=O)(C(=O)OCC)C1CCC1[P+](c1ccccc1)(c1ccccc1)c1ccccc1. The summed E-state index contributed by atoms with van der Waals surface area (Å²) in [4.78, 5) is 39.1. The first kappa shape index (κ1) is 28.7.